The number of nitrogen functional groups attached to an aromatic ring is 1. The van der Waals surface area contributed by atoms with E-state index in [0.717, 1.165) is 11.3 Å². The second-order valence-corrected chi connectivity index (χ2v) is 4.46. The zero-order valence-electron chi connectivity index (χ0n) is 10.3. The highest BCUT2D eigenvalue weighted by Gasteiger charge is 2.11. The summed E-state index contributed by atoms with van der Waals surface area (Å²) in [6.45, 7) is 1.87. The first kappa shape index (κ1) is 13.2. The number of aromatic nitrogens is 1. The molecule has 0 bridgehead atoms. The molecule has 19 heavy (non-hydrogen) atoms. The van der Waals surface area contributed by atoms with Crippen LogP contribution in [0.25, 0.3) is 0 Å². The van der Waals surface area contributed by atoms with E-state index in [2.05, 4.69) is 10.3 Å². The minimum absolute atomic E-state index is 0.238. The second kappa shape index (κ2) is 5.16. The number of anilines is 3. The Balaban J connectivity index is 2.44. The van der Waals surface area contributed by atoms with Crippen LogP contribution in [0, 0.1) is 6.92 Å². The van der Waals surface area contributed by atoms with Gasteiger partial charge in [-0.3, -0.25) is 4.79 Å². The lowest BCUT2D eigenvalue weighted by molar-refractivity contribution is 0.100. The molecular weight excluding hydrogens is 264 g/mol. The third kappa shape index (κ3) is 2.77. The molecular formula is C13H13ClN4O. The minimum Gasteiger partial charge on any atom is -0.384 e. The van der Waals surface area contributed by atoms with Crippen LogP contribution in [0.4, 0.5) is 17.2 Å². The second-order valence-electron chi connectivity index (χ2n) is 4.06. The molecule has 5 N–H and O–H groups in total. The van der Waals surface area contributed by atoms with Crippen molar-refractivity contribution >= 4 is 34.7 Å². The smallest absolute Gasteiger partial charge is 0.251 e. The predicted octanol–water partition coefficient (Wildman–Crippen LogP) is 2.47. The summed E-state index contributed by atoms with van der Waals surface area (Å²) in [4.78, 5) is 15.3. The van der Waals surface area contributed by atoms with Crippen LogP contribution < -0.4 is 16.8 Å². The van der Waals surface area contributed by atoms with E-state index in [9.17, 15) is 4.79 Å². The number of halogens is 1. The molecule has 0 unspecified atom stereocenters. The Morgan fingerprint density at radius 3 is 2.79 bits per heavy atom. The number of primary amides is 1. The summed E-state index contributed by atoms with van der Waals surface area (Å²) >= 11 is 6.04. The highest BCUT2D eigenvalue weighted by molar-refractivity contribution is 6.31. The lowest BCUT2D eigenvalue weighted by Crippen LogP contribution is -2.14. The van der Waals surface area contributed by atoms with Crippen LogP contribution in [0.3, 0.4) is 0 Å². The fourth-order valence-corrected chi connectivity index (χ4v) is 1.84. The third-order valence-electron chi connectivity index (χ3n) is 2.73. The van der Waals surface area contributed by atoms with E-state index in [4.69, 9.17) is 23.1 Å². The first-order valence-electron chi connectivity index (χ1n) is 5.56. The Labute approximate surface area is 115 Å². The van der Waals surface area contributed by atoms with Crippen molar-refractivity contribution in [1.29, 1.82) is 0 Å². The molecule has 1 amide bonds. The molecule has 0 spiro atoms. The van der Waals surface area contributed by atoms with Crippen LogP contribution in [-0.2, 0) is 0 Å². The van der Waals surface area contributed by atoms with E-state index < -0.39 is 5.91 Å². The van der Waals surface area contributed by atoms with E-state index in [1.165, 1.54) is 12.3 Å². The number of benzene rings is 1. The van der Waals surface area contributed by atoms with E-state index >= 15 is 0 Å². The summed E-state index contributed by atoms with van der Waals surface area (Å²) < 4.78 is 0. The fraction of sp³-hybridized carbons (Fsp3) is 0.0769. The highest BCUT2D eigenvalue weighted by atomic mass is 35.5. The third-order valence-corrected chi connectivity index (χ3v) is 3.14. The van der Waals surface area contributed by atoms with Gasteiger partial charge in [-0.05, 0) is 30.7 Å². The average molecular weight is 277 g/mol. The van der Waals surface area contributed by atoms with Gasteiger partial charge in [-0.2, -0.15) is 0 Å². The Bertz CT molecular complexity index is 643. The molecule has 98 valence electrons. The van der Waals surface area contributed by atoms with Gasteiger partial charge in [0.05, 0.1) is 17.4 Å². The monoisotopic (exact) mass is 276 g/mol. The van der Waals surface area contributed by atoms with Gasteiger partial charge in [0, 0.05) is 10.7 Å². The molecule has 0 saturated heterocycles. The highest BCUT2D eigenvalue weighted by Crippen LogP contribution is 2.27. The van der Waals surface area contributed by atoms with E-state index in [0.29, 0.717) is 10.7 Å². The van der Waals surface area contributed by atoms with Crippen LogP contribution in [-0.4, -0.2) is 10.9 Å². The van der Waals surface area contributed by atoms with Gasteiger partial charge in [-0.15, -0.1) is 0 Å². The zero-order chi connectivity index (χ0) is 14.0. The molecule has 0 saturated carbocycles. The standard InChI is InChI=1S/C13H13ClN4O/c1-7-9(14)3-2-4-10(7)18-11-6-17-12(15)5-8(11)13(16)19/h2-6,18H,1H3,(H2,15,17)(H2,16,19). The molecule has 0 aliphatic heterocycles. The van der Waals surface area contributed by atoms with Gasteiger partial charge in [0.2, 0.25) is 0 Å². The summed E-state index contributed by atoms with van der Waals surface area (Å²) in [5, 5.41) is 3.72. The first-order chi connectivity index (χ1) is 8.99. The van der Waals surface area contributed by atoms with E-state index in [-0.39, 0.29) is 11.4 Å². The number of nitrogens with zero attached hydrogens (tertiary/aromatic N) is 1. The van der Waals surface area contributed by atoms with Crippen LogP contribution in [0.5, 0.6) is 0 Å². The molecule has 1 aromatic heterocycles. The quantitative estimate of drug-likeness (QED) is 0.803. The van der Waals surface area contributed by atoms with Gasteiger partial charge in [0.1, 0.15) is 5.82 Å². The van der Waals surface area contributed by atoms with Crippen molar-refractivity contribution in [1.82, 2.24) is 4.98 Å². The Hall–Kier alpha value is -2.27. The van der Waals surface area contributed by atoms with Crippen molar-refractivity contribution in [3.63, 3.8) is 0 Å². The minimum atomic E-state index is -0.573. The van der Waals surface area contributed by atoms with Crippen molar-refractivity contribution in [3.05, 3.63) is 46.6 Å². The summed E-state index contributed by atoms with van der Waals surface area (Å²) in [6.07, 6.45) is 1.47. The average Bonchev–Trinajstić information content (AvgIpc) is 2.36. The molecule has 0 atom stereocenters. The van der Waals surface area contributed by atoms with Gasteiger partial charge in [0.25, 0.3) is 5.91 Å². The predicted molar refractivity (Wildman–Crippen MR) is 76.6 cm³/mol. The molecule has 6 heteroatoms. The number of amides is 1. The van der Waals surface area contributed by atoms with Gasteiger partial charge < -0.3 is 16.8 Å². The lowest BCUT2D eigenvalue weighted by Gasteiger charge is -2.13. The molecule has 0 radical (unpaired) electrons. The molecule has 0 fully saturated rings. The largest absolute Gasteiger partial charge is 0.384 e. The van der Waals surface area contributed by atoms with Gasteiger partial charge in [-0.25, -0.2) is 4.98 Å². The van der Waals surface area contributed by atoms with Crippen LogP contribution in [0.2, 0.25) is 5.02 Å². The Kier molecular flexibility index (Phi) is 3.57. The number of hydrogen-bond donors (Lipinski definition) is 3. The number of hydrogen-bond acceptors (Lipinski definition) is 4. The molecule has 0 aliphatic carbocycles. The molecule has 0 aliphatic rings. The molecule has 2 aromatic rings. The van der Waals surface area contributed by atoms with Gasteiger partial charge in [-0.1, -0.05) is 17.7 Å². The molecule has 5 nitrogen and oxygen atoms in total. The van der Waals surface area contributed by atoms with Gasteiger partial charge >= 0.3 is 0 Å². The van der Waals surface area contributed by atoms with Crippen LogP contribution >= 0.6 is 11.6 Å². The maximum atomic E-state index is 11.4. The van der Waals surface area contributed by atoms with Crippen molar-refractivity contribution in [2.24, 2.45) is 5.73 Å². The maximum Gasteiger partial charge on any atom is 0.251 e. The number of nitrogens with two attached hydrogens (primary N) is 2. The van der Waals surface area contributed by atoms with Crippen molar-refractivity contribution < 1.29 is 4.79 Å². The maximum absolute atomic E-state index is 11.4. The van der Waals surface area contributed by atoms with Crippen LogP contribution in [0.15, 0.2) is 30.5 Å². The molecule has 1 heterocycles. The van der Waals surface area contributed by atoms with Crippen LogP contribution in [0.1, 0.15) is 15.9 Å². The van der Waals surface area contributed by atoms with Gasteiger partial charge in [0.15, 0.2) is 0 Å². The SMILES string of the molecule is Cc1c(Cl)cccc1Nc1cnc(N)cc1C(N)=O. The molecule has 1 aromatic carbocycles. The lowest BCUT2D eigenvalue weighted by atomic mass is 10.1. The number of carbonyl (C=O) groups excluding carboxylic acids is 1. The fourth-order valence-electron chi connectivity index (χ4n) is 1.66. The number of nitrogens with one attached hydrogen (secondary N) is 1. The molecule has 2 rings (SSSR count). The summed E-state index contributed by atoms with van der Waals surface area (Å²) in [7, 11) is 0. The number of rotatable bonds is 3. The van der Waals surface area contributed by atoms with Crippen molar-refractivity contribution in [2.45, 2.75) is 6.92 Å². The first-order valence-corrected chi connectivity index (χ1v) is 5.94. The van der Waals surface area contributed by atoms with Crippen molar-refractivity contribution in [3.8, 4) is 0 Å². The normalized spacial score (nSPS) is 10.2. The number of carbonyl (C=O) groups is 1. The summed E-state index contributed by atoms with van der Waals surface area (Å²) in [6, 6.07) is 6.89. The van der Waals surface area contributed by atoms with E-state index in [1.807, 2.05) is 19.1 Å². The Morgan fingerprint density at radius 2 is 2.11 bits per heavy atom. The summed E-state index contributed by atoms with van der Waals surface area (Å²) in [5.74, 6) is -0.335. The van der Waals surface area contributed by atoms with Crippen molar-refractivity contribution in [2.75, 3.05) is 11.1 Å². The number of pyridine rings is 1. The topological polar surface area (TPSA) is 94.0 Å². The van der Waals surface area contributed by atoms with E-state index in [1.54, 1.807) is 6.07 Å². The zero-order valence-corrected chi connectivity index (χ0v) is 11.0. The Morgan fingerprint density at radius 1 is 1.37 bits per heavy atom. The summed E-state index contributed by atoms with van der Waals surface area (Å²) in [5.41, 5.74) is 13.3.